The van der Waals surface area contributed by atoms with Crippen LogP contribution in [-0.4, -0.2) is 29.1 Å². The molecule has 0 spiro atoms. The van der Waals surface area contributed by atoms with Crippen LogP contribution in [-0.2, 0) is 0 Å². The Morgan fingerprint density at radius 3 is 2.44 bits per heavy atom. The third-order valence-corrected chi connectivity index (χ3v) is 4.64. The molecule has 1 fully saturated rings. The molecule has 0 radical (unpaired) electrons. The van der Waals surface area contributed by atoms with Crippen molar-refractivity contribution in [3.05, 3.63) is 67.0 Å². The molecular formula is C21H23N5O. The van der Waals surface area contributed by atoms with Crippen molar-refractivity contribution in [2.75, 3.05) is 23.3 Å². The molecule has 2 aromatic heterocycles. The van der Waals surface area contributed by atoms with Crippen molar-refractivity contribution in [3.8, 4) is 11.6 Å². The summed E-state index contributed by atoms with van der Waals surface area (Å²) in [5, 5.41) is 3.26. The number of piperidine rings is 1. The maximum atomic E-state index is 6.07. The molecule has 1 aliphatic rings. The van der Waals surface area contributed by atoms with Gasteiger partial charge in [0.25, 0.3) is 0 Å². The molecule has 27 heavy (non-hydrogen) atoms. The van der Waals surface area contributed by atoms with E-state index in [4.69, 9.17) is 10.5 Å². The van der Waals surface area contributed by atoms with Gasteiger partial charge in [-0.2, -0.15) is 0 Å². The average Bonchev–Trinajstić information content (AvgIpc) is 2.71. The Hall–Kier alpha value is -3.12. The molecule has 138 valence electrons. The summed E-state index contributed by atoms with van der Waals surface area (Å²) in [6.45, 7) is 1.85. The first-order valence-corrected chi connectivity index (χ1v) is 9.19. The monoisotopic (exact) mass is 361 g/mol. The SMILES string of the molecule is NC1CCN(c2cccnc2Oc2ccc(Nc3ccccn3)cc2)CC1. The van der Waals surface area contributed by atoms with Crippen LogP contribution in [0.2, 0.25) is 0 Å². The Labute approximate surface area is 159 Å². The van der Waals surface area contributed by atoms with Crippen LogP contribution in [0.25, 0.3) is 0 Å². The highest BCUT2D eigenvalue weighted by atomic mass is 16.5. The van der Waals surface area contributed by atoms with Crippen LogP contribution in [0.3, 0.4) is 0 Å². The maximum Gasteiger partial charge on any atom is 0.243 e. The molecule has 3 heterocycles. The van der Waals surface area contributed by atoms with Crippen molar-refractivity contribution in [1.82, 2.24) is 9.97 Å². The number of ether oxygens (including phenoxy) is 1. The third kappa shape index (κ3) is 4.35. The van der Waals surface area contributed by atoms with Crippen molar-refractivity contribution in [2.24, 2.45) is 5.73 Å². The number of aromatic nitrogens is 2. The molecule has 0 saturated carbocycles. The second-order valence-corrected chi connectivity index (χ2v) is 6.62. The summed E-state index contributed by atoms with van der Waals surface area (Å²) >= 11 is 0. The highest BCUT2D eigenvalue weighted by molar-refractivity contribution is 5.59. The fourth-order valence-corrected chi connectivity index (χ4v) is 3.14. The van der Waals surface area contributed by atoms with Crippen molar-refractivity contribution in [1.29, 1.82) is 0 Å². The second kappa shape index (κ2) is 8.05. The van der Waals surface area contributed by atoms with E-state index < -0.39 is 0 Å². The molecule has 0 unspecified atom stereocenters. The maximum absolute atomic E-state index is 6.07. The topological polar surface area (TPSA) is 76.3 Å². The lowest BCUT2D eigenvalue weighted by Gasteiger charge is -2.32. The van der Waals surface area contributed by atoms with Crippen molar-refractivity contribution < 1.29 is 4.74 Å². The smallest absolute Gasteiger partial charge is 0.243 e. The molecule has 1 aromatic carbocycles. The molecule has 0 bridgehead atoms. The number of nitrogens with zero attached hydrogens (tertiary/aromatic N) is 3. The Bertz CT molecular complexity index is 861. The minimum absolute atomic E-state index is 0.293. The Morgan fingerprint density at radius 1 is 0.926 bits per heavy atom. The van der Waals surface area contributed by atoms with Crippen LogP contribution in [0.1, 0.15) is 12.8 Å². The molecule has 0 amide bonds. The number of hydrogen-bond donors (Lipinski definition) is 2. The minimum atomic E-state index is 0.293. The van der Waals surface area contributed by atoms with Gasteiger partial charge in [-0.25, -0.2) is 9.97 Å². The first kappa shape index (κ1) is 17.3. The van der Waals surface area contributed by atoms with Gasteiger partial charge in [-0.3, -0.25) is 0 Å². The van der Waals surface area contributed by atoms with E-state index >= 15 is 0 Å². The highest BCUT2D eigenvalue weighted by Gasteiger charge is 2.20. The van der Waals surface area contributed by atoms with Gasteiger partial charge in [0, 0.05) is 37.2 Å². The van der Waals surface area contributed by atoms with Gasteiger partial charge in [-0.1, -0.05) is 6.07 Å². The summed E-state index contributed by atoms with van der Waals surface area (Å²) < 4.78 is 6.07. The molecular weight excluding hydrogens is 338 g/mol. The standard InChI is InChI=1S/C21H23N5O/c22-16-10-14-26(15-11-16)19-4-3-13-24-21(19)27-18-8-6-17(7-9-18)25-20-5-1-2-12-23-20/h1-9,12-13,16H,10-11,14-15,22H2,(H,23,25). The molecule has 0 atom stereocenters. The van der Waals surface area contributed by atoms with Crippen LogP contribution in [0.5, 0.6) is 11.6 Å². The van der Waals surface area contributed by atoms with Crippen LogP contribution in [0.4, 0.5) is 17.2 Å². The van der Waals surface area contributed by atoms with Crippen molar-refractivity contribution >= 4 is 17.2 Å². The first-order chi connectivity index (χ1) is 13.3. The van der Waals surface area contributed by atoms with Crippen LogP contribution in [0.15, 0.2) is 67.0 Å². The van der Waals surface area contributed by atoms with Gasteiger partial charge in [0.05, 0.1) is 0 Å². The van der Waals surface area contributed by atoms with Crippen molar-refractivity contribution in [2.45, 2.75) is 18.9 Å². The number of benzene rings is 1. The van der Waals surface area contributed by atoms with Gasteiger partial charge in [-0.05, 0) is 61.4 Å². The molecule has 1 aliphatic heterocycles. The zero-order valence-corrected chi connectivity index (χ0v) is 15.1. The van der Waals surface area contributed by atoms with E-state index in [2.05, 4.69) is 26.3 Å². The van der Waals surface area contributed by atoms with Gasteiger partial charge in [0.2, 0.25) is 5.88 Å². The first-order valence-electron chi connectivity index (χ1n) is 9.19. The van der Waals surface area contributed by atoms with E-state index in [-0.39, 0.29) is 0 Å². The van der Waals surface area contributed by atoms with Crippen LogP contribution < -0.4 is 20.7 Å². The number of pyridine rings is 2. The summed E-state index contributed by atoms with van der Waals surface area (Å²) in [5.74, 6) is 2.18. The van der Waals surface area contributed by atoms with E-state index in [1.807, 2.05) is 48.5 Å². The highest BCUT2D eigenvalue weighted by Crippen LogP contribution is 2.32. The van der Waals surface area contributed by atoms with Gasteiger partial charge in [0.15, 0.2) is 0 Å². The number of anilines is 3. The lowest BCUT2D eigenvalue weighted by Crippen LogP contribution is -2.39. The summed E-state index contributed by atoms with van der Waals surface area (Å²) in [7, 11) is 0. The van der Waals surface area contributed by atoms with E-state index in [1.54, 1.807) is 12.4 Å². The fraction of sp³-hybridized carbons (Fsp3) is 0.238. The zero-order chi connectivity index (χ0) is 18.5. The van der Waals surface area contributed by atoms with Gasteiger partial charge in [0.1, 0.15) is 17.3 Å². The summed E-state index contributed by atoms with van der Waals surface area (Å²) in [6, 6.07) is 17.8. The Kier molecular flexibility index (Phi) is 5.16. The second-order valence-electron chi connectivity index (χ2n) is 6.62. The van der Waals surface area contributed by atoms with Crippen molar-refractivity contribution in [3.63, 3.8) is 0 Å². The quantitative estimate of drug-likeness (QED) is 0.717. The van der Waals surface area contributed by atoms with Crippen LogP contribution >= 0.6 is 0 Å². The lowest BCUT2D eigenvalue weighted by molar-refractivity contribution is 0.452. The molecule has 1 saturated heterocycles. The van der Waals surface area contributed by atoms with Gasteiger partial charge >= 0.3 is 0 Å². The van der Waals surface area contributed by atoms with E-state index in [1.165, 1.54) is 0 Å². The number of nitrogens with one attached hydrogen (secondary N) is 1. The molecule has 3 aromatic rings. The summed E-state index contributed by atoms with van der Waals surface area (Å²) in [6.07, 6.45) is 5.49. The van der Waals surface area contributed by atoms with E-state index in [0.29, 0.717) is 11.9 Å². The molecule has 6 heteroatoms. The predicted molar refractivity (Wildman–Crippen MR) is 108 cm³/mol. The molecule has 4 rings (SSSR count). The van der Waals surface area contributed by atoms with E-state index in [9.17, 15) is 0 Å². The zero-order valence-electron chi connectivity index (χ0n) is 15.1. The predicted octanol–water partition coefficient (Wildman–Crippen LogP) is 3.94. The Morgan fingerprint density at radius 2 is 1.70 bits per heavy atom. The Balaban J connectivity index is 1.46. The molecule has 0 aliphatic carbocycles. The van der Waals surface area contributed by atoms with Crippen LogP contribution in [0, 0.1) is 0 Å². The third-order valence-electron chi connectivity index (χ3n) is 4.64. The van der Waals surface area contributed by atoms with E-state index in [0.717, 1.165) is 48.9 Å². The molecule has 6 nitrogen and oxygen atoms in total. The normalized spacial score (nSPS) is 14.8. The van der Waals surface area contributed by atoms with Gasteiger partial charge in [-0.15, -0.1) is 0 Å². The lowest BCUT2D eigenvalue weighted by atomic mass is 10.1. The summed E-state index contributed by atoms with van der Waals surface area (Å²) in [4.78, 5) is 11.0. The van der Waals surface area contributed by atoms with Gasteiger partial charge < -0.3 is 20.7 Å². The average molecular weight is 361 g/mol. The number of nitrogens with two attached hydrogens (primary N) is 1. The molecule has 3 N–H and O–H groups in total. The largest absolute Gasteiger partial charge is 0.437 e. The minimum Gasteiger partial charge on any atom is -0.437 e. The number of hydrogen-bond acceptors (Lipinski definition) is 6. The fourth-order valence-electron chi connectivity index (χ4n) is 3.14. The summed E-state index contributed by atoms with van der Waals surface area (Å²) in [5.41, 5.74) is 7.99. The number of rotatable bonds is 5.